The SMILES string of the molecule is CC1(OCC(=O)Nc2ncccc2Br)CNC1. The molecule has 1 aliphatic rings. The summed E-state index contributed by atoms with van der Waals surface area (Å²) >= 11 is 3.31. The van der Waals surface area contributed by atoms with Crippen LogP contribution >= 0.6 is 15.9 Å². The second-order valence-electron chi connectivity index (χ2n) is 4.22. The lowest BCUT2D eigenvalue weighted by Crippen LogP contribution is -2.59. The summed E-state index contributed by atoms with van der Waals surface area (Å²) in [6, 6.07) is 3.61. The van der Waals surface area contributed by atoms with Crippen LogP contribution in [0.15, 0.2) is 22.8 Å². The predicted molar refractivity (Wildman–Crippen MR) is 67.8 cm³/mol. The van der Waals surface area contributed by atoms with Crippen molar-refractivity contribution in [1.29, 1.82) is 0 Å². The predicted octanol–water partition coefficient (Wildman–Crippen LogP) is 1.16. The van der Waals surface area contributed by atoms with E-state index >= 15 is 0 Å². The number of aromatic nitrogens is 1. The number of anilines is 1. The molecular weight excluding hydrogens is 286 g/mol. The van der Waals surface area contributed by atoms with Gasteiger partial charge in [0.25, 0.3) is 5.91 Å². The molecule has 0 bridgehead atoms. The molecule has 0 saturated carbocycles. The molecule has 0 radical (unpaired) electrons. The average molecular weight is 300 g/mol. The molecule has 1 fully saturated rings. The van der Waals surface area contributed by atoms with Gasteiger partial charge in [-0.1, -0.05) is 0 Å². The summed E-state index contributed by atoms with van der Waals surface area (Å²) in [6.07, 6.45) is 1.62. The molecule has 92 valence electrons. The molecule has 2 rings (SSSR count). The molecule has 5 nitrogen and oxygen atoms in total. The molecule has 1 aromatic rings. The molecule has 1 saturated heterocycles. The number of hydrogen-bond donors (Lipinski definition) is 2. The minimum absolute atomic E-state index is 0.0429. The highest BCUT2D eigenvalue weighted by Crippen LogP contribution is 2.19. The summed E-state index contributed by atoms with van der Waals surface area (Å²) in [5.74, 6) is 0.315. The number of hydrogen-bond acceptors (Lipinski definition) is 4. The number of nitrogens with zero attached hydrogens (tertiary/aromatic N) is 1. The van der Waals surface area contributed by atoms with Crippen LogP contribution in [0.5, 0.6) is 0 Å². The fraction of sp³-hybridized carbons (Fsp3) is 0.455. The van der Waals surface area contributed by atoms with Crippen molar-refractivity contribution in [1.82, 2.24) is 10.3 Å². The van der Waals surface area contributed by atoms with Crippen molar-refractivity contribution in [3.63, 3.8) is 0 Å². The van der Waals surface area contributed by atoms with Gasteiger partial charge in [-0.25, -0.2) is 4.98 Å². The molecule has 1 aromatic heterocycles. The zero-order chi connectivity index (χ0) is 12.3. The van der Waals surface area contributed by atoms with Gasteiger partial charge in [-0.3, -0.25) is 4.79 Å². The van der Waals surface area contributed by atoms with Gasteiger partial charge in [0.05, 0.1) is 10.1 Å². The lowest BCUT2D eigenvalue weighted by Gasteiger charge is -2.38. The second-order valence-corrected chi connectivity index (χ2v) is 5.08. The molecule has 1 aliphatic heterocycles. The van der Waals surface area contributed by atoms with Gasteiger partial charge < -0.3 is 15.4 Å². The molecule has 0 unspecified atom stereocenters. The molecule has 2 heterocycles. The number of carbonyl (C=O) groups excluding carboxylic acids is 1. The van der Waals surface area contributed by atoms with Gasteiger partial charge >= 0.3 is 0 Å². The van der Waals surface area contributed by atoms with Gasteiger partial charge in [-0.15, -0.1) is 0 Å². The van der Waals surface area contributed by atoms with Gasteiger partial charge in [0.1, 0.15) is 12.4 Å². The molecule has 0 aromatic carbocycles. The number of nitrogens with one attached hydrogen (secondary N) is 2. The van der Waals surface area contributed by atoms with Crippen LogP contribution in [0.3, 0.4) is 0 Å². The van der Waals surface area contributed by atoms with E-state index in [1.54, 1.807) is 12.3 Å². The Labute approximate surface area is 108 Å². The van der Waals surface area contributed by atoms with Gasteiger partial charge in [-0.05, 0) is 35.0 Å². The number of rotatable bonds is 4. The monoisotopic (exact) mass is 299 g/mol. The first-order valence-corrected chi connectivity index (χ1v) is 6.13. The van der Waals surface area contributed by atoms with Gasteiger partial charge in [0.2, 0.25) is 0 Å². The Morgan fingerprint density at radius 1 is 1.71 bits per heavy atom. The lowest BCUT2D eigenvalue weighted by atomic mass is 10.0. The lowest BCUT2D eigenvalue weighted by molar-refractivity contribution is -0.130. The summed E-state index contributed by atoms with van der Waals surface area (Å²) in [4.78, 5) is 15.7. The van der Waals surface area contributed by atoms with Crippen molar-refractivity contribution < 1.29 is 9.53 Å². The summed E-state index contributed by atoms with van der Waals surface area (Å²) in [5.41, 5.74) is -0.210. The molecule has 1 amide bonds. The molecule has 0 aliphatic carbocycles. The van der Waals surface area contributed by atoms with Crippen LogP contribution in [0.25, 0.3) is 0 Å². The number of halogens is 1. The maximum atomic E-state index is 11.6. The molecule has 0 spiro atoms. The third-order valence-corrected chi connectivity index (χ3v) is 3.21. The van der Waals surface area contributed by atoms with Crippen molar-refractivity contribution in [3.05, 3.63) is 22.8 Å². The molecular formula is C11H14BrN3O2. The van der Waals surface area contributed by atoms with Crippen LogP contribution in [0.1, 0.15) is 6.92 Å². The number of ether oxygens (including phenoxy) is 1. The highest BCUT2D eigenvalue weighted by molar-refractivity contribution is 9.10. The van der Waals surface area contributed by atoms with Crippen molar-refractivity contribution >= 4 is 27.7 Å². The standard InChI is InChI=1S/C11H14BrN3O2/c1-11(6-13-7-11)17-5-9(16)15-10-8(12)3-2-4-14-10/h2-4,13H,5-7H2,1H3,(H,14,15,16). The van der Waals surface area contributed by atoms with Crippen molar-refractivity contribution in [2.75, 3.05) is 25.0 Å². The Morgan fingerprint density at radius 2 is 2.47 bits per heavy atom. The second kappa shape index (κ2) is 5.12. The quantitative estimate of drug-likeness (QED) is 0.876. The minimum Gasteiger partial charge on any atom is -0.363 e. The first-order chi connectivity index (χ1) is 8.09. The summed E-state index contributed by atoms with van der Waals surface area (Å²) in [6.45, 7) is 3.59. The summed E-state index contributed by atoms with van der Waals surface area (Å²) < 4.78 is 6.28. The summed E-state index contributed by atoms with van der Waals surface area (Å²) in [5, 5.41) is 5.80. The normalized spacial score (nSPS) is 17.3. The van der Waals surface area contributed by atoms with Gasteiger partial charge in [-0.2, -0.15) is 0 Å². The molecule has 2 N–H and O–H groups in total. The zero-order valence-electron chi connectivity index (χ0n) is 9.50. The number of carbonyl (C=O) groups is 1. The molecule has 6 heteroatoms. The topological polar surface area (TPSA) is 63.2 Å². The van der Waals surface area contributed by atoms with Crippen LogP contribution in [-0.4, -0.2) is 36.2 Å². The first-order valence-electron chi connectivity index (χ1n) is 5.34. The summed E-state index contributed by atoms with van der Waals surface area (Å²) in [7, 11) is 0. The minimum atomic E-state index is -0.210. The average Bonchev–Trinajstić information content (AvgIpc) is 2.27. The van der Waals surface area contributed by atoms with E-state index in [-0.39, 0.29) is 18.1 Å². The fourth-order valence-electron chi connectivity index (χ4n) is 1.46. The largest absolute Gasteiger partial charge is 0.363 e. The highest BCUT2D eigenvalue weighted by atomic mass is 79.9. The van der Waals surface area contributed by atoms with Crippen LogP contribution in [0, 0.1) is 0 Å². The first kappa shape index (κ1) is 12.5. The van der Waals surface area contributed by atoms with E-state index in [2.05, 4.69) is 31.5 Å². The number of pyridine rings is 1. The smallest absolute Gasteiger partial charge is 0.251 e. The maximum absolute atomic E-state index is 11.6. The Bertz CT molecular complexity index is 421. The fourth-order valence-corrected chi connectivity index (χ4v) is 1.82. The van der Waals surface area contributed by atoms with Crippen LogP contribution in [-0.2, 0) is 9.53 Å². The van der Waals surface area contributed by atoms with E-state index in [1.165, 1.54) is 0 Å². The zero-order valence-corrected chi connectivity index (χ0v) is 11.1. The Morgan fingerprint density at radius 3 is 3.06 bits per heavy atom. The van der Waals surface area contributed by atoms with E-state index in [0.717, 1.165) is 17.6 Å². The van der Waals surface area contributed by atoms with Crippen LogP contribution in [0.2, 0.25) is 0 Å². The molecule has 17 heavy (non-hydrogen) atoms. The van der Waals surface area contributed by atoms with Gasteiger partial charge in [0.15, 0.2) is 0 Å². The van der Waals surface area contributed by atoms with E-state index in [0.29, 0.717) is 5.82 Å². The van der Waals surface area contributed by atoms with Gasteiger partial charge in [0, 0.05) is 19.3 Å². The maximum Gasteiger partial charge on any atom is 0.251 e. The Hall–Kier alpha value is -0.980. The van der Waals surface area contributed by atoms with E-state index in [4.69, 9.17) is 4.74 Å². The van der Waals surface area contributed by atoms with E-state index in [1.807, 2.05) is 13.0 Å². The third kappa shape index (κ3) is 3.24. The van der Waals surface area contributed by atoms with Crippen LogP contribution in [0.4, 0.5) is 5.82 Å². The van der Waals surface area contributed by atoms with Crippen molar-refractivity contribution in [3.8, 4) is 0 Å². The van der Waals surface area contributed by atoms with Crippen molar-refractivity contribution in [2.24, 2.45) is 0 Å². The van der Waals surface area contributed by atoms with E-state index < -0.39 is 0 Å². The molecule has 0 atom stereocenters. The Balaban J connectivity index is 1.83. The van der Waals surface area contributed by atoms with E-state index in [9.17, 15) is 4.79 Å². The van der Waals surface area contributed by atoms with Crippen LogP contribution < -0.4 is 10.6 Å². The third-order valence-electron chi connectivity index (χ3n) is 2.57. The Kier molecular flexibility index (Phi) is 3.76. The van der Waals surface area contributed by atoms with Crippen molar-refractivity contribution in [2.45, 2.75) is 12.5 Å². The highest BCUT2D eigenvalue weighted by Gasteiger charge is 2.33. The number of amides is 1.